The van der Waals surface area contributed by atoms with Gasteiger partial charge in [-0.15, -0.1) is 24.0 Å². The number of hydrogen-bond donors (Lipinski definition) is 3. The first kappa shape index (κ1) is 26.1. The van der Waals surface area contributed by atoms with Gasteiger partial charge in [-0.2, -0.15) is 0 Å². The first-order valence-corrected chi connectivity index (χ1v) is 10.9. The van der Waals surface area contributed by atoms with Crippen LogP contribution in [0, 0.1) is 5.82 Å². The van der Waals surface area contributed by atoms with Gasteiger partial charge in [-0.3, -0.25) is 0 Å². The van der Waals surface area contributed by atoms with Crippen LogP contribution in [0.25, 0.3) is 0 Å². The summed E-state index contributed by atoms with van der Waals surface area (Å²) in [6.07, 6.45) is 2.36. The van der Waals surface area contributed by atoms with E-state index >= 15 is 0 Å². The molecule has 0 aliphatic heterocycles. The van der Waals surface area contributed by atoms with Crippen molar-refractivity contribution < 1.29 is 17.9 Å². The third kappa shape index (κ3) is 9.70. The summed E-state index contributed by atoms with van der Waals surface area (Å²) < 4.78 is 36.7. The highest BCUT2D eigenvalue weighted by atomic mass is 127. The first-order valence-electron chi connectivity index (χ1n) is 8.82. The van der Waals surface area contributed by atoms with Gasteiger partial charge in [0.05, 0.1) is 17.9 Å². The average Bonchev–Trinajstić information content (AvgIpc) is 2.58. The Balaban J connectivity index is 0.00000676. The Morgan fingerprint density at radius 1 is 1.19 bits per heavy atom. The number of aliphatic hydroxyl groups is 1. The predicted molar refractivity (Wildman–Crippen MR) is 119 cm³/mol. The molecule has 0 unspecified atom stereocenters. The molecule has 0 bridgehead atoms. The average molecular weight is 515 g/mol. The highest BCUT2D eigenvalue weighted by Gasteiger charge is 2.22. The molecule has 0 amide bonds. The fourth-order valence-electron chi connectivity index (χ4n) is 2.42. The van der Waals surface area contributed by atoms with Crippen molar-refractivity contribution in [2.75, 3.05) is 19.3 Å². The molecule has 1 rings (SSSR count). The van der Waals surface area contributed by atoms with Crippen molar-refractivity contribution >= 4 is 39.8 Å². The van der Waals surface area contributed by atoms with Crippen molar-refractivity contribution in [1.29, 1.82) is 0 Å². The van der Waals surface area contributed by atoms with Crippen LogP contribution in [-0.4, -0.2) is 44.4 Å². The minimum Gasteiger partial charge on any atom is -0.388 e. The van der Waals surface area contributed by atoms with E-state index in [1.165, 1.54) is 18.2 Å². The molecule has 0 atom stereocenters. The number of halogens is 2. The molecule has 0 aliphatic carbocycles. The normalized spacial score (nSPS) is 12.4. The lowest BCUT2D eigenvalue weighted by Gasteiger charge is -2.26. The van der Waals surface area contributed by atoms with Crippen LogP contribution in [0.4, 0.5) is 4.39 Å². The number of guanidine groups is 1. The standard InChI is InChI=1S/C18H30FN3O3S.HI/c1-5-18(23,6-2)13-22-17(20-7-3)21-11-15-10-16(19)9-8-14(15)12-26(4,24)25;/h8-10,23H,5-7,11-13H2,1-4H3,(H2,20,21,22);1H. The van der Waals surface area contributed by atoms with E-state index in [-0.39, 0.29) is 36.3 Å². The zero-order valence-corrected chi connectivity index (χ0v) is 19.5. The van der Waals surface area contributed by atoms with E-state index in [0.29, 0.717) is 43.0 Å². The van der Waals surface area contributed by atoms with Crippen molar-refractivity contribution in [2.45, 2.75) is 51.5 Å². The van der Waals surface area contributed by atoms with E-state index in [0.717, 1.165) is 6.26 Å². The first-order chi connectivity index (χ1) is 12.1. The van der Waals surface area contributed by atoms with Crippen LogP contribution < -0.4 is 10.6 Å². The van der Waals surface area contributed by atoms with Crippen molar-refractivity contribution in [3.63, 3.8) is 0 Å². The van der Waals surface area contributed by atoms with Gasteiger partial charge in [0.2, 0.25) is 0 Å². The molecule has 1 aromatic rings. The Kier molecular flexibility index (Phi) is 11.4. The molecule has 0 aliphatic rings. The predicted octanol–water partition coefficient (Wildman–Crippen LogP) is 2.59. The molecular weight excluding hydrogens is 484 g/mol. The lowest BCUT2D eigenvalue weighted by molar-refractivity contribution is 0.0367. The molecule has 27 heavy (non-hydrogen) atoms. The Morgan fingerprint density at radius 3 is 2.33 bits per heavy atom. The van der Waals surface area contributed by atoms with Crippen LogP contribution in [0.15, 0.2) is 23.2 Å². The van der Waals surface area contributed by atoms with Gasteiger partial charge >= 0.3 is 0 Å². The number of aliphatic imine (C=N–C) groups is 1. The number of sulfone groups is 1. The SMILES string of the molecule is CCNC(=NCc1cc(F)ccc1CS(C)(=O)=O)NCC(O)(CC)CC.I. The Hall–Kier alpha value is -0.940. The molecule has 0 spiro atoms. The van der Waals surface area contributed by atoms with E-state index in [1.807, 2.05) is 20.8 Å². The molecule has 0 saturated carbocycles. The number of nitrogens with one attached hydrogen (secondary N) is 2. The summed E-state index contributed by atoms with van der Waals surface area (Å²) in [6, 6.07) is 4.04. The lowest BCUT2D eigenvalue weighted by Crippen LogP contribution is -2.46. The van der Waals surface area contributed by atoms with E-state index in [4.69, 9.17) is 0 Å². The fourth-order valence-corrected chi connectivity index (χ4v) is 3.27. The summed E-state index contributed by atoms with van der Waals surface area (Å²) in [4.78, 5) is 4.41. The minimum absolute atomic E-state index is 0. The highest BCUT2D eigenvalue weighted by Crippen LogP contribution is 2.16. The molecule has 0 aromatic heterocycles. The van der Waals surface area contributed by atoms with Gasteiger partial charge in [0.25, 0.3) is 0 Å². The van der Waals surface area contributed by atoms with Gasteiger partial charge in [0.1, 0.15) is 5.82 Å². The minimum atomic E-state index is -3.23. The van der Waals surface area contributed by atoms with Crippen molar-refractivity contribution in [2.24, 2.45) is 4.99 Å². The quantitative estimate of drug-likeness (QED) is 0.267. The zero-order chi connectivity index (χ0) is 19.8. The van der Waals surface area contributed by atoms with Gasteiger partial charge in [-0.05, 0) is 43.0 Å². The summed E-state index contributed by atoms with van der Waals surface area (Å²) in [5.41, 5.74) is 0.234. The van der Waals surface area contributed by atoms with E-state index in [1.54, 1.807) is 0 Å². The maximum Gasteiger partial charge on any atom is 0.191 e. The zero-order valence-electron chi connectivity index (χ0n) is 16.4. The van der Waals surface area contributed by atoms with E-state index in [9.17, 15) is 17.9 Å². The van der Waals surface area contributed by atoms with E-state index in [2.05, 4.69) is 15.6 Å². The van der Waals surface area contributed by atoms with Crippen LogP contribution in [0.1, 0.15) is 44.7 Å². The summed E-state index contributed by atoms with van der Waals surface area (Å²) in [5.74, 6) is -0.104. The highest BCUT2D eigenvalue weighted by molar-refractivity contribution is 14.0. The van der Waals surface area contributed by atoms with Crippen molar-refractivity contribution in [3.8, 4) is 0 Å². The molecule has 156 valence electrons. The second-order valence-electron chi connectivity index (χ2n) is 6.46. The van der Waals surface area contributed by atoms with Crippen LogP contribution >= 0.6 is 24.0 Å². The van der Waals surface area contributed by atoms with Gasteiger partial charge in [0.15, 0.2) is 15.8 Å². The van der Waals surface area contributed by atoms with Crippen LogP contribution in [0.5, 0.6) is 0 Å². The summed E-state index contributed by atoms with van der Waals surface area (Å²) in [5, 5.41) is 16.5. The Bertz CT molecular complexity index is 723. The van der Waals surface area contributed by atoms with Crippen molar-refractivity contribution in [1.82, 2.24) is 10.6 Å². The number of rotatable bonds is 9. The van der Waals surface area contributed by atoms with E-state index < -0.39 is 21.3 Å². The third-order valence-electron chi connectivity index (χ3n) is 4.24. The van der Waals surface area contributed by atoms with Crippen LogP contribution in [0.3, 0.4) is 0 Å². The van der Waals surface area contributed by atoms with Crippen LogP contribution in [0.2, 0.25) is 0 Å². The molecule has 3 N–H and O–H groups in total. The monoisotopic (exact) mass is 515 g/mol. The molecule has 0 fully saturated rings. The van der Waals surface area contributed by atoms with Gasteiger partial charge in [0, 0.05) is 19.3 Å². The number of hydrogen-bond acceptors (Lipinski definition) is 4. The molecule has 0 saturated heterocycles. The second-order valence-corrected chi connectivity index (χ2v) is 8.60. The smallest absolute Gasteiger partial charge is 0.191 e. The molecule has 0 heterocycles. The maximum absolute atomic E-state index is 13.6. The third-order valence-corrected chi connectivity index (χ3v) is 5.07. The molecule has 6 nitrogen and oxygen atoms in total. The topological polar surface area (TPSA) is 90.8 Å². The lowest BCUT2D eigenvalue weighted by atomic mass is 9.98. The second kappa shape index (κ2) is 11.8. The van der Waals surface area contributed by atoms with Crippen LogP contribution in [-0.2, 0) is 22.1 Å². The molecule has 9 heteroatoms. The van der Waals surface area contributed by atoms with Gasteiger partial charge in [-0.1, -0.05) is 19.9 Å². The maximum atomic E-state index is 13.6. The molecular formula is C18H31FIN3O3S. The summed E-state index contributed by atoms with van der Waals surface area (Å²) >= 11 is 0. The van der Waals surface area contributed by atoms with Gasteiger partial charge in [-0.25, -0.2) is 17.8 Å². The summed E-state index contributed by atoms with van der Waals surface area (Å²) in [6.45, 7) is 6.85. The van der Waals surface area contributed by atoms with Gasteiger partial charge < -0.3 is 15.7 Å². The Labute approximate surface area is 179 Å². The Morgan fingerprint density at radius 2 is 1.81 bits per heavy atom. The largest absolute Gasteiger partial charge is 0.388 e. The molecule has 0 radical (unpaired) electrons. The van der Waals surface area contributed by atoms with Crippen molar-refractivity contribution in [3.05, 3.63) is 35.1 Å². The molecule has 1 aromatic carbocycles. The fraction of sp³-hybridized carbons (Fsp3) is 0.611. The number of nitrogens with zero attached hydrogens (tertiary/aromatic N) is 1. The number of benzene rings is 1. The summed E-state index contributed by atoms with van der Waals surface area (Å²) in [7, 11) is -3.23.